The summed E-state index contributed by atoms with van der Waals surface area (Å²) in [5, 5.41) is 10.7. The lowest BCUT2D eigenvalue weighted by atomic mass is 10.0. The molecular weight excluding hydrogens is 276 g/mol. The zero-order chi connectivity index (χ0) is 14.3. The van der Waals surface area contributed by atoms with Crippen LogP contribution in [0.3, 0.4) is 0 Å². The predicted molar refractivity (Wildman–Crippen MR) is 78.4 cm³/mol. The first kappa shape index (κ1) is 12.8. The van der Waals surface area contributed by atoms with Gasteiger partial charge in [-0.05, 0) is 42.8 Å². The van der Waals surface area contributed by atoms with E-state index in [-0.39, 0.29) is 5.56 Å². The number of carboxylic acids is 1. The minimum atomic E-state index is -0.941. The van der Waals surface area contributed by atoms with E-state index in [9.17, 15) is 4.79 Å². The summed E-state index contributed by atoms with van der Waals surface area (Å²) >= 11 is 5.94. The summed E-state index contributed by atoms with van der Waals surface area (Å²) in [5.74, 6) is -0.312. The number of rotatable bonds is 2. The molecule has 0 radical (unpaired) electrons. The Morgan fingerprint density at radius 1 is 1.15 bits per heavy atom. The fraction of sp³-hybridized carbons (Fsp3) is 0.0625. The molecule has 0 saturated carbocycles. The molecule has 1 heterocycles. The highest BCUT2D eigenvalue weighted by molar-refractivity contribution is 6.31. The molecule has 1 aromatic heterocycles. The lowest BCUT2D eigenvalue weighted by molar-refractivity contribution is 0.0696. The van der Waals surface area contributed by atoms with E-state index in [0.717, 1.165) is 22.1 Å². The van der Waals surface area contributed by atoms with Crippen LogP contribution in [0.5, 0.6) is 0 Å². The number of fused-ring (bicyclic) bond motifs is 1. The summed E-state index contributed by atoms with van der Waals surface area (Å²) < 4.78 is 5.73. The van der Waals surface area contributed by atoms with Crippen LogP contribution in [-0.2, 0) is 0 Å². The summed E-state index contributed by atoms with van der Waals surface area (Å²) in [6, 6.07) is 12.5. The van der Waals surface area contributed by atoms with E-state index < -0.39 is 5.97 Å². The quantitative estimate of drug-likeness (QED) is 0.739. The van der Waals surface area contributed by atoms with Gasteiger partial charge in [0, 0.05) is 16.0 Å². The van der Waals surface area contributed by atoms with Gasteiger partial charge in [0.2, 0.25) is 0 Å². The highest BCUT2D eigenvalue weighted by Gasteiger charge is 2.12. The summed E-state index contributed by atoms with van der Waals surface area (Å²) in [7, 11) is 0. The van der Waals surface area contributed by atoms with E-state index in [4.69, 9.17) is 21.1 Å². The normalized spacial score (nSPS) is 10.9. The van der Waals surface area contributed by atoms with Crippen LogP contribution in [0.1, 0.15) is 15.9 Å². The molecule has 0 aliphatic carbocycles. The Labute approximate surface area is 120 Å². The van der Waals surface area contributed by atoms with Crippen molar-refractivity contribution in [2.24, 2.45) is 0 Å². The second kappa shape index (κ2) is 4.69. The van der Waals surface area contributed by atoms with Gasteiger partial charge in [-0.15, -0.1) is 0 Å². The van der Waals surface area contributed by atoms with Crippen molar-refractivity contribution in [1.29, 1.82) is 0 Å². The Balaban J connectivity index is 2.15. The number of carboxylic acid groups (broad SMARTS) is 1. The number of halogens is 1. The van der Waals surface area contributed by atoms with E-state index in [1.165, 1.54) is 0 Å². The highest BCUT2D eigenvalue weighted by atomic mass is 35.5. The van der Waals surface area contributed by atoms with Crippen LogP contribution >= 0.6 is 11.6 Å². The minimum absolute atomic E-state index is 0.279. The first-order chi connectivity index (χ1) is 9.54. The van der Waals surface area contributed by atoms with Crippen molar-refractivity contribution in [3.8, 4) is 11.3 Å². The molecule has 1 N–H and O–H groups in total. The number of hydrogen-bond donors (Lipinski definition) is 1. The summed E-state index contributed by atoms with van der Waals surface area (Å²) in [4.78, 5) is 11.2. The Kier molecular flexibility index (Phi) is 2.99. The number of carbonyl (C=O) groups is 1. The van der Waals surface area contributed by atoms with Crippen molar-refractivity contribution in [3.05, 3.63) is 58.6 Å². The predicted octanol–water partition coefficient (Wildman–Crippen LogP) is 4.76. The van der Waals surface area contributed by atoms with Gasteiger partial charge in [0.05, 0.1) is 5.56 Å². The lowest BCUT2D eigenvalue weighted by Crippen LogP contribution is -1.99. The molecule has 4 heteroatoms. The van der Waals surface area contributed by atoms with Crippen LogP contribution in [0, 0.1) is 6.92 Å². The molecule has 0 amide bonds. The maximum atomic E-state index is 11.2. The molecule has 3 nitrogen and oxygen atoms in total. The molecule has 3 aromatic rings. The van der Waals surface area contributed by atoms with Gasteiger partial charge in [-0.2, -0.15) is 0 Å². The molecule has 2 aromatic carbocycles. The topological polar surface area (TPSA) is 50.4 Å². The van der Waals surface area contributed by atoms with Crippen molar-refractivity contribution >= 4 is 28.5 Å². The molecule has 0 saturated heterocycles. The fourth-order valence-corrected chi connectivity index (χ4v) is 2.34. The van der Waals surface area contributed by atoms with Crippen molar-refractivity contribution in [3.63, 3.8) is 0 Å². The monoisotopic (exact) mass is 286 g/mol. The molecule has 0 aliphatic rings. The largest absolute Gasteiger partial charge is 0.478 e. The van der Waals surface area contributed by atoms with E-state index in [2.05, 4.69) is 0 Å². The van der Waals surface area contributed by atoms with Crippen molar-refractivity contribution in [2.75, 3.05) is 0 Å². The second-order valence-electron chi connectivity index (χ2n) is 4.63. The van der Waals surface area contributed by atoms with Crippen molar-refractivity contribution in [2.45, 2.75) is 6.92 Å². The number of aryl methyl sites for hydroxylation is 1. The van der Waals surface area contributed by atoms with E-state index in [0.29, 0.717) is 10.8 Å². The molecule has 0 fully saturated rings. The van der Waals surface area contributed by atoms with Crippen LogP contribution < -0.4 is 0 Å². The molecule has 100 valence electrons. The van der Waals surface area contributed by atoms with Gasteiger partial charge < -0.3 is 9.52 Å². The summed E-state index contributed by atoms with van der Waals surface area (Å²) in [6.45, 7) is 1.77. The molecule has 0 spiro atoms. The third kappa shape index (κ3) is 2.17. The van der Waals surface area contributed by atoms with Crippen LogP contribution in [0.2, 0.25) is 5.02 Å². The summed E-state index contributed by atoms with van der Waals surface area (Å²) in [5.41, 5.74) is 2.46. The summed E-state index contributed by atoms with van der Waals surface area (Å²) in [6.07, 6.45) is 0. The van der Waals surface area contributed by atoms with Gasteiger partial charge in [-0.3, -0.25) is 0 Å². The van der Waals surface area contributed by atoms with Crippen LogP contribution in [-0.4, -0.2) is 11.1 Å². The SMILES string of the molecule is Cc1ccc(-c2cc3cc(Cl)ccc3o2)cc1C(=O)O. The van der Waals surface area contributed by atoms with Crippen LogP contribution in [0.25, 0.3) is 22.3 Å². The van der Waals surface area contributed by atoms with Crippen LogP contribution in [0.15, 0.2) is 46.9 Å². The van der Waals surface area contributed by atoms with Gasteiger partial charge in [-0.1, -0.05) is 23.7 Å². The average Bonchev–Trinajstić information content (AvgIpc) is 2.81. The Bertz CT molecular complexity index is 818. The zero-order valence-electron chi connectivity index (χ0n) is 10.7. The zero-order valence-corrected chi connectivity index (χ0v) is 11.4. The van der Waals surface area contributed by atoms with Gasteiger partial charge in [0.1, 0.15) is 11.3 Å². The second-order valence-corrected chi connectivity index (χ2v) is 5.06. The molecule has 0 bridgehead atoms. The first-order valence-corrected chi connectivity index (χ1v) is 6.46. The molecule has 20 heavy (non-hydrogen) atoms. The maximum absolute atomic E-state index is 11.2. The van der Waals surface area contributed by atoms with E-state index in [1.54, 1.807) is 31.2 Å². The van der Waals surface area contributed by atoms with Crippen molar-refractivity contribution < 1.29 is 14.3 Å². The van der Waals surface area contributed by atoms with E-state index >= 15 is 0 Å². The molecule has 3 rings (SSSR count). The standard InChI is InChI=1S/C16H11ClO3/c1-9-2-3-10(7-13(9)16(18)19)15-8-11-6-12(17)4-5-14(11)20-15/h2-8H,1H3,(H,18,19). The smallest absolute Gasteiger partial charge is 0.335 e. The third-order valence-corrected chi connectivity index (χ3v) is 3.47. The van der Waals surface area contributed by atoms with Gasteiger partial charge in [0.15, 0.2) is 0 Å². The van der Waals surface area contributed by atoms with Gasteiger partial charge in [-0.25, -0.2) is 4.79 Å². The third-order valence-electron chi connectivity index (χ3n) is 3.23. The Morgan fingerprint density at radius 3 is 2.70 bits per heavy atom. The minimum Gasteiger partial charge on any atom is -0.478 e. The molecule has 0 atom stereocenters. The maximum Gasteiger partial charge on any atom is 0.335 e. The van der Waals surface area contributed by atoms with Crippen LogP contribution in [0.4, 0.5) is 0 Å². The number of furan rings is 1. The average molecular weight is 287 g/mol. The first-order valence-electron chi connectivity index (χ1n) is 6.08. The highest BCUT2D eigenvalue weighted by Crippen LogP contribution is 2.30. The lowest BCUT2D eigenvalue weighted by Gasteiger charge is -2.03. The molecule has 0 unspecified atom stereocenters. The number of aromatic carboxylic acids is 1. The number of benzene rings is 2. The van der Waals surface area contributed by atoms with Crippen molar-refractivity contribution in [1.82, 2.24) is 0 Å². The Morgan fingerprint density at radius 2 is 1.95 bits per heavy atom. The molecular formula is C16H11ClO3. The Hall–Kier alpha value is -2.26. The van der Waals surface area contributed by atoms with Gasteiger partial charge >= 0.3 is 5.97 Å². The van der Waals surface area contributed by atoms with Gasteiger partial charge in [0.25, 0.3) is 0 Å². The van der Waals surface area contributed by atoms with E-state index in [1.807, 2.05) is 18.2 Å². The fourth-order valence-electron chi connectivity index (χ4n) is 2.16. The number of hydrogen-bond acceptors (Lipinski definition) is 2. The molecule has 0 aliphatic heterocycles.